The summed E-state index contributed by atoms with van der Waals surface area (Å²) in [6, 6.07) is 0.490. The molecule has 1 aliphatic rings. The molecule has 6 nitrogen and oxygen atoms in total. The van der Waals surface area contributed by atoms with Crippen LogP contribution in [0.4, 0.5) is 5.69 Å². The van der Waals surface area contributed by atoms with Gasteiger partial charge in [-0.3, -0.25) is 9.48 Å². The molecule has 0 saturated carbocycles. The monoisotopic (exact) mass is 279 g/mol. The average molecular weight is 279 g/mol. The normalized spacial score (nSPS) is 17.6. The average Bonchev–Trinajstić information content (AvgIpc) is 2.77. The van der Waals surface area contributed by atoms with Crippen LogP contribution in [0.15, 0.2) is 12.4 Å². The predicted molar refractivity (Wildman–Crippen MR) is 79.3 cm³/mol. The minimum atomic E-state index is -0.373. The lowest BCUT2D eigenvalue weighted by Crippen LogP contribution is -2.40. The first-order valence-corrected chi connectivity index (χ1v) is 7.32. The van der Waals surface area contributed by atoms with Crippen molar-refractivity contribution in [3.8, 4) is 0 Å². The Morgan fingerprint density at radius 3 is 2.80 bits per heavy atom. The Morgan fingerprint density at radius 2 is 2.20 bits per heavy atom. The van der Waals surface area contributed by atoms with Gasteiger partial charge in [0.05, 0.1) is 11.9 Å². The van der Waals surface area contributed by atoms with E-state index >= 15 is 0 Å². The summed E-state index contributed by atoms with van der Waals surface area (Å²) in [7, 11) is 0. The second kappa shape index (κ2) is 6.74. The number of rotatable bonds is 6. The number of primary amides is 1. The highest BCUT2D eigenvalue weighted by Gasteiger charge is 2.19. The molecule has 0 aliphatic carbocycles. The molecular weight excluding hydrogens is 254 g/mol. The lowest BCUT2D eigenvalue weighted by Gasteiger charge is -2.33. The second-order valence-electron chi connectivity index (χ2n) is 6.01. The number of hydrogen-bond donors (Lipinski definition) is 2. The summed E-state index contributed by atoms with van der Waals surface area (Å²) >= 11 is 0. The minimum Gasteiger partial charge on any atom is -0.380 e. The van der Waals surface area contributed by atoms with Gasteiger partial charge in [0.2, 0.25) is 5.91 Å². The number of likely N-dealkylation sites (tertiary alicyclic amines) is 1. The van der Waals surface area contributed by atoms with Crippen LogP contribution in [0, 0.1) is 5.92 Å². The number of carbonyl (C=O) groups excluding carboxylic acids is 1. The van der Waals surface area contributed by atoms with Crippen LogP contribution in [0.2, 0.25) is 0 Å². The Kier molecular flexibility index (Phi) is 5.00. The van der Waals surface area contributed by atoms with E-state index in [4.69, 9.17) is 5.73 Å². The first-order chi connectivity index (χ1) is 9.52. The van der Waals surface area contributed by atoms with Crippen LogP contribution >= 0.6 is 0 Å². The van der Waals surface area contributed by atoms with E-state index < -0.39 is 0 Å². The van der Waals surface area contributed by atoms with Crippen molar-refractivity contribution in [2.24, 2.45) is 11.7 Å². The summed E-state index contributed by atoms with van der Waals surface area (Å²) in [4.78, 5) is 13.4. The molecule has 1 aromatic heterocycles. The number of aromatic nitrogens is 2. The Morgan fingerprint density at radius 1 is 1.50 bits per heavy atom. The van der Waals surface area contributed by atoms with Crippen molar-refractivity contribution in [3.63, 3.8) is 0 Å². The molecule has 0 bridgehead atoms. The van der Waals surface area contributed by atoms with Gasteiger partial charge in [0.15, 0.2) is 0 Å². The molecular formula is C14H25N5O. The van der Waals surface area contributed by atoms with E-state index in [0.29, 0.717) is 6.04 Å². The van der Waals surface area contributed by atoms with Crippen molar-refractivity contribution in [1.29, 1.82) is 0 Å². The maximum Gasteiger partial charge on any atom is 0.239 e. The molecule has 0 unspecified atom stereocenters. The van der Waals surface area contributed by atoms with E-state index in [0.717, 1.165) is 37.5 Å². The van der Waals surface area contributed by atoms with Crippen molar-refractivity contribution >= 4 is 11.6 Å². The predicted octanol–water partition coefficient (Wildman–Crippen LogP) is 0.901. The Bertz CT molecular complexity index is 435. The zero-order valence-electron chi connectivity index (χ0n) is 12.4. The van der Waals surface area contributed by atoms with Crippen LogP contribution in [0.5, 0.6) is 0 Å². The van der Waals surface area contributed by atoms with E-state index in [1.807, 2.05) is 6.20 Å². The van der Waals surface area contributed by atoms with Crippen molar-refractivity contribution in [3.05, 3.63) is 12.4 Å². The van der Waals surface area contributed by atoms with Gasteiger partial charge in [-0.1, -0.05) is 13.8 Å². The highest BCUT2D eigenvalue weighted by Crippen LogP contribution is 2.17. The van der Waals surface area contributed by atoms with Gasteiger partial charge in [-0.25, -0.2) is 0 Å². The summed E-state index contributed by atoms with van der Waals surface area (Å²) in [5.41, 5.74) is 6.11. The first-order valence-electron chi connectivity index (χ1n) is 7.32. The van der Waals surface area contributed by atoms with E-state index in [9.17, 15) is 4.79 Å². The maximum atomic E-state index is 10.8. The Hall–Kier alpha value is -1.56. The van der Waals surface area contributed by atoms with Crippen molar-refractivity contribution in [2.45, 2.75) is 39.3 Å². The van der Waals surface area contributed by atoms with E-state index in [1.54, 1.807) is 10.9 Å². The standard InChI is InChI=1S/C14H25N5O/c1-11(2)8-18-5-3-12(4-6-18)17-13-7-16-19(9-13)10-14(15)20/h7,9,11-12,17H,3-6,8,10H2,1-2H3,(H2,15,20). The molecule has 0 aromatic carbocycles. The zero-order valence-corrected chi connectivity index (χ0v) is 12.4. The van der Waals surface area contributed by atoms with Crippen LogP contribution < -0.4 is 11.1 Å². The van der Waals surface area contributed by atoms with E-state index in [-0.39, 0.29) is 12.5 Å². The van der Waals surface area contributed by atoms with Gasteiger partial charge in [-0.15, -0.1) is 0 Å². The minimum absolute atomic E-state index is 0.133. The summed E-state index contributed by atoms with van der Waals surface area (Å²) in [5, 5.41) is 7.61. The molecule has 112 valence electrons. The van der Waals surface area contributed by atoms with Crippen molar-refractivity contribution in [2.75, 3.05) is 25.0 Å². The summed E-state index contributed by atoms with van der Waals surface area (Å²) in [6.07, 6.45) is 5.89. The fourth-order valence-electron chi connectivity index (χ4n) is 2.70. The number of hydrogen-bond acceptors (Lipinski definition) is 4. The molecule has 0 spiro atoms. The molecule has 1 aliphatic heterocycles. The van der Waals surface area contributed by atoms with Crippen LogP contribution in [0.3, 0.4) is 0 Å². The summed E-state index contributed by atoms with van der Waals surface area (Å²) < 4.78 is 1.57. The SMILES string of the molecule is CC(C)CN1CCC(Nc2cnn(CC(N)=O)c2)CC1. The summed E-state index contributed by atoms with van der Waals surface area (Å²) in [6.45, 7) is 8.13. The quantitative estimate of drug-likeness (QED) is 0.811. The molecule has 1 saturated heterocycles. The highest BCUT2D eigenvalue weighted by atomic mass is 16.1. The largest absolute Gasteiger partial charge is 0.380 e. The third-order valence-electron chi connectivity index (χ3n) is 3.53. The maximum absolute atomic E-state index is 10.8. The molecule has 3 N–H and O–H groups in total. The number of carbonyl (C=O) groups is 1. The third-order valence-corrected chi connectivity index (χ3v) is 3.53. The Labute approximate surface area is 120 Å². The number of nitrogens with two attached hydrogens (primary N) is 1. The molecule has 20 heavy (non-hydrogen) atoms. The number of anilines is 1. The lowest BCUT2D eigenvalue weighted by molar-refractivity contribution is -0.118. The van der Waals surface area contributed by atoms with Gasteiger partial charge < -0.3 is 16.0 Å². The molecule has 0 radical (unpaired) electrons. The lowest BCUT2D eigenvalue weighted by atomic mass is 10.0. The zero-order chi connectivity index (χ0) is 14.5. The van der Waals surface area contributed by atoms with E-state index in [1.165, 1.54) is 6.54 Å². The van der Waals surface area contributed by atoms with Crippen LogP contribution in [0.1, 0.15) is 26.7 Å². The number of nitrogens with one attached hydrogen (secondary N) is 1. The van der Waals surface area contributed by atoms with Gasteiger partial charge in [-0.2, -0.15) is 5.10 Å². The molecule has 1 aromatic rings. The summed E-state index contributed by atoms with van der Waals surface area (Å²) in [5.74, 6) is 0.355. The second-order valence-corrected chi connectivity index (χ2v) is 6.01. The fraction of sp³-hybridized carbons (Fsp3) is 0.714. The van der Waals surface area contributed by atoms with Gasteiger partial charge in [-0.05, 0) is 18.8 Å². The van der Waals surface area contributed by atoms with Gasteiger partial charge in [0, 0.05) is 31.9 Å². The number of nitrogens with zero attached hydrogens (tertiary/aromatic N) is 3. The Balaban J connectivity index is 1.77. The highest BCUT2D eigenvalue weighted by molar-refractivity contribution is 5.73. The van der Waals surface area contributed by atoms with Crippen LogP contribution in [-0.4, -0.2) is 46.3 Å². The third kappa shape index (κ3) is 4.52. The van der Waals surface area contributed by atoms with E-state index in [2.05, 4.69) is 29.2 Å². The van der Waals surface area contributed by atoms with Crippen molar-refractivity contribution < 1.29 is 4.79 Å². The smallest absolute Gasteiger partial charge is 0.239 e. The number of piperidine rings is 1. The number of amides is 1. The van der Waals surface area contributed by atoms with Gasteiger partial charge in [0.25, 0.3) is 0 Å². The molecule has 2 heterocycles. The van der Waals surface area contributed by atoms with Crippen LogP contribution in [-0.2, 0) is 11.3 Å². The molecule has 1 amide bonds. The van der Waals surface area contributed by atoms with Gasteiger partial charge >= 0.3 is 0 Å². The van der Waals surface area contributed by atoms with Crippen molar-refractivity contribution in [1.82, 2.24) is 14.7 Å². The molecule has 1 fully saturated rings. The van der Waals surface area contributed by atoms with Crippen LogP contribution in [0.25, 0.3) is 0 Å². The topological polar surface area (TPSA) is 76.2 Å². The molecule has 2 rings (SSSR count). The first kappa shape index (κ1) is 14.8. The molecule has 6 heteroatoms. The molecule has 0 atom stereocenters. The van der Waals surface area contributed by atoms with Gasteiger partial charge in [0.1, 0.15) is 6.54 Å². The fourth-order valence-corrected chi connectivity index (χ4v) is 2.70.